The molecule has 5 heteroatoms. The van der Waals surface area contributed by atoms with Gasteiger partial charge in [0.1, 0.15) is 0 Å². The van der Waals surface area contributed by atoms with Gasteiger partial charge in [0.15, 0.2) is 0 Å². The van der Waals surface area contributed by atoms with Crippen LogP contribution in [0.2, 0.25) is 0 Å². The van der Waals surface area contributed by atoms with E-state index in [-0.39, 0.29) is 11.8 Å². The van der Waals surface area contributed by atoms with Gasteiger partial charge in [-0.15, -0.1) is 0 Å². The molecule has 0 saturated heterocycles. The maximum atomic E-state index is 12.1. The smallest absolute Gasteiger partial charge is 0.257 e. The molecule has 0 bridgehead atoms. The van der Waals surface area contributed by atoms with E-state index in [0.29, 0.717) is 24.2 Å². The highest BCUT2D eigenvalue weighted by Crippen LogP contribution is 2.12. The van der Waals surface area contributed by atoms with E-state index < -0.39 is 0 Å². The predicted octanol–water partition coefficient (Wildman–Crippen LogP) is 3.89. The van der Waals surface area contributed by atoms with Crippen LogP contribution >= 0.6 is 0 Å². The molecule has 1 heterocycles. The third kappa shape index (κ3) is 5.51. The fraction of sp³-hybridized carbons (Fsp3) is 0.174. The van der Waals surface area contributed by atoms with Gasteiger partial charge in [0.2, 0.25) is 5.91 Å². The van der Waals surface area contributed by atoms with Crippen molar-refractivity contribution in [2.75, 3.05) is 5.32 Å². The minimum absolute atomic E-state index is 0.0252. The lowest BCUT2D eigenvalue weighted by molar-refractivity contribution is -0.121. The molecular weight excluding hydrogens is 350 g/mol. The van der Waals surface area contributed by atoms with E-state index >= 15 is 0 Å². The van der Waals surface area contributed by atoms with E-state index in [1.54, 1.807) is 18.3 Å². The van der Waals surface area contributed by atoms with Crippen LogP contribution < -0.4 is 10.6 Å². The summed E-state index contributed by atoms with van der Waals surface area (Å²) >= 11 is 0. The van der Waals surface area contributed by atoms with Crippen LogP contribution in [0.4, 0.5) is 5.69 Å². The van der Waals surface area contributed by atoms with E-state index in [0.717, 1.165) is 12.0 Å². The average molecular weight is 373 g/mol. The zero-order valence-corrected chi connectivity index (χ0v) is 15.8. The lowest BCUT2D eigenvalue weighted by Gasteiger charge is -2.09. The number of aryl methyl sites for hydroxylation is 2. The Morgan fingerprint density at radius 3 is 2.46 bits per heavy atom. The molecule has 0 aliphatic carbocycles. The van der Waals surface area contributed by atoms with Crippen molar-refractivity contribution in [3.8, 4) is 0 Å². The second-order valence-electron chi connectivity index (χ2n) is 6.60. The normalized spacial score (nSPS) is 10.3. The minimum atomic E-state index is -0.203. The van der Waals surface area contributed by atoms with Crippen LogP contribution in [0.5, 0.6) is 0 Å². The molecule has 0 atom stereocenters. The van der Waals surface area contributed by atoms with Gasteiger partial charge < -0.3 is 10.6 Å². The van der Waals surface area contributed by atoms with Crippen molar-refractivity contribution in [3.63, 3.8) is 0 Å². The maximum Gasteiger partial charge on any atom is 0.257 e. The van der Waals surface area contributed by atoms with Crippen molar-refractivity contribution < 1.29 is 9.59 Å². The van der Waals surface area contributed by atoms with Crippen molar-refractivity contribution in [3.05, 3.63) is 95.3 Å². The first kappa shape index (κ1) is 19.3. The number of hydrogen-bond acceptors (Lipinski definition) is 3. The van der Waals surface area contributed by atoms with Crippen LogP contribution in [0.25, 0.3) is 0 Å². The summed E-state index contributed by atoms with van der Waals surface area (Å²) in [6.07, 6.45) is 4.35. The van der Waals surface area contributed by atoms with Crippen molar-refractivity contribution in [1.82, 2.24) is 10.3 Å². The number of amides is 2. The molecule has 0 spiro atoms. The molecule has 5 nitrogen and oxygen atoms in total. The number of rotatable bonds is 7. The van der Waals surface area contributed by atoms with Crippen molar-refractivity contribution >= 4 is 17.5 Å². The van der Waals surface area contributed by atoms with Crippen molar-refractivity contribution in [2.45, 2.75) is 26.3 Å². The summed E-state index contributed by atoms with van der Waals surface area (Å²) in [5.74, 6) is -0.178. The van der Waals surface area contributed by atoms with E-state index in [1.807, 2.05) is 36.4 Å². The van der Waals surface area contributed by atoms with Crippen LogP contribution in [0, 0.1) is 6.92 Å². The Labute approximate surface area is 164 Å². The van der Waals surface area contributed by atoms with Gasteiger partial charge >= 0.3 is 0 Å². The largest absolute Gasteiger partial charge is 0.352 e. The van der Waals surface area contributed by atoms with Crippen LogP contribution in [0.3, 0.4) is 0 Å². The Kier molecular flexibility index (Phi) is 6.52. The Morgan fingerprint density at radius 1 is 0.964 bits per heavy atom. The standard InChI is InChI=1S/C23H23N3O2/c1-17-5-2-3-6-19(17)10-13-22(27)25-15-18-8-11-21(12-9-18)26-23(28)20-7-4-14-24-16-20/h2-9,11-12,14,16H,10,13,15H2,1H3,(H,25,27)(H,26,28). The molecule has 2 amide bonds. The van der Waals surface area contributed by atoms with Crippen LogP contribution in [-0.4, -0.2) is 16.8 Å². The molecule has 2 N–H and O–H groups in total. The Hall–Kier alpha value is -3.47. The maximum absolute atomic E-state index is 12.1. The second-order valence-corrected chi connectivity index (χ2v) is 6.60. The Balaban J connectivity index is 1.46. The number of carbonyl (C=O) groups excluding carboxylic acids is 2. The third-order valence-electron chi connectivity index (χ3n) is 4.51. The number of pyridine rings is 1. The van der Waals surface area contributed by atoms with Crippen molar-refractivity contribution in [1.29, 1.82) is 0 Å². The number of benzene rings is 2. The van der Waals surface area contributed by atoms with E-state index in [2.05, 4.69) is 34.7 Å². The Bertz CT molecular complexity index is 938. The molecule has 0 aliphatic heterocycles. The van der Waals surface area contributed by atoms with Gasteiger partial charge in [-0.3, -0.25) is 14.6 Å². The molecule has 0 radical (unpaired) electrons. The molecular formula is C23H23N3O2. The number of hydrogen-bond donors (Lipinski definition) is 2. The fourth-order valence-electron chi connectivity index (χ4n) is 2.83. The predicted molar refractivity (Wildman–Crippen MR) is 110 cm³/mol. The first-order valence-corrected chi connectivity index (χ1v) is 9.23. The molecule has 142 valence electrons. The first-order valence-electron chi connectivity index (χ1n) is 9.23. The van der Waals surface area contributed by atoms with Gasteiger partial charge in [0.25, 0.3) is 5.91 Å². The first-order chi connectivity index (χ1) is 13.6. The molecule has 2 aromatic carbocycles. The summed E-state index contributed by atoms with van der Waals surface area (Å²) in [5.41, 5.74) is 4.59. The highest BCUT2D eigenvalue weighted by molar-refractivity contribution is 6.04. The van der Waals surface area contributed by atoms with Crippen LogP contribution in [0.1, 0.15) is 33.5 Å². The zero-order valence-electron chi connectivity index (χ0n) is 15.8. The number of anilines is 1. The minimum Gasteiger partial charge on any atom is -0.352 e. The topological polar surface area (TPSA) is 71.1 Å². The molecule has 0 unspecified atom stereocenters. The van der Waals surface area contributed by atoms with Gasteiger partial charge in [0, 0.05) is 31.0 Å². The molecule has 0 aliphatic rings. The molecule has 28 heavy (non-hydrogen) atoms. The summed E-state index contributed by atoms with van der Waals surface area (Å²) in [4.78, 5) is 28.2. The summed E-state index contributed by atoms with van der Waals surface area (Å²) < 4.78 is 0. The molecule has 0 saturated carbocycles. The van der Waals surface area contributed by atoms with Crippen molar-refractivity contribution in [2.24, 2.45) is 0 Å². The molecule has 1 aromatic heterocycles. The zero-order chi connectivity index (χ0) is 19.8. The number of aromatic nitrogens is 1. The lowest BCUT2D eigenvalue weighted by Crippen LogP contribution is -2.23. The van der Waals surface area contributed by atoms with Crippen LogP contribution in [0.15, 0.2) is 73.1 Å². The average Bonchev–Trinajstić information content (AvgIpc) is 2.73. The summed E-state index contributed by atoms with van der Waals surface area (Å²) in [6, 6.07) is 19.0. The van der Waals surface area contributed by atoms with E-state index in [4.69, 9.17) is 0 Å². The van der Waals surface area contributed by atoms with E-state index in [1.165, 1.54) is 17.3 Å². The monoisotopic (exact) mass is 373 g/mol. The van der Waals surface area contributed by atoms with Gasteiger partial charge in [-0.05, 0) is 54.3 Å². The molecule has 3 rings (SSSR count). The van der Waals surface area contributed by atoms with Gasteiger partial charge in [-0.25, -0.2) is 0 Å². The van der Waals surface area contributed by atoms with Gasteiger partial charge in [0.05, 0.1) is 5.56 Å². The highest BCUT2D eigenvalue weighted by atomic mass is 16.2. The summed E-state index contributed by atoms with van der Waals surface area (Å²) in [7, 11) is 0. The number of nitrogens with one attached hydrogen (secondary N) is 2. The van der Waals surface area contributed by atoms with E-state index in [9.17, 15) is 9.59 Å². The lowest BCUT2D eigenvalue weighted by atomic mass is 10.0. The molecule has 0 fully saturated rings. The summed E-state index contributed by atoms with van der Waals surface area (Å²) in [6.45, 7) is 2.52. The SMILES string of the molecule is Cc1ccccc1CCC(=O)NCc1ccc(NC(=O)c2cccnc2)cc1. The van der Waals surface area contributed by atoms with Gasteiger partial charge in [-0.2, -0.15) is 0 Å². The second kappa shape index (κ2) is 9.46. The van der Waals surface area contributed by atoms with Gasteiger partial charge in [-0.1, -0.05) is 36.4 Å². The number of nitrogens with zero attached hydrogens (tertiary/aromatic N) is 1. The Morgan fingerprint density at radius 2 is 1.75 bits per heavy atom. The summed E-state index contributed by atoms with van der Waals surface area (Å²) in [5, 5.41) is 5.77. The highest BCUT2D eigenvalue weighted by Gasteiger charge is 2.07. The fourth-order valence-corrected chi connectivity index (χ4v) is 2.83. The third-order valence-corrected chi connectivity index (χ3v) is 4.51. The van der Waals surface area contributed by atoms with Crippen LogP contribution in [-0.2, 0) is 17.8 Å². The molecule has 3 aromatic rings. The number of carbonyl (C=O) groups is 2. The quantitative estimate of drug-likeness (QED) is 0.660.